The van der Waals surface area contributed by atoms with Crippen LogP contribution in [0.3, 0.4) is 0 Å². The molecule has 0 rings (SSSR count). The van der Waals surface area contributed by atoms with Crippen molar-refractivity contribution in [2.75, 3.05) is 13.2 Å². The quantitative estimate of drug-likeness (QED) is 0.671. The first-order valence-corrected chi connectivity index (χ1v) is 6.35. The Hall–Kier alpha value is -0.570. The van der Waals surface area contributed by atoms with E-state index in [0.717, 1.165) is 25.7 Å². The molecule has 3 heteroatoms. The Morgan fingerprint density at radius 2 is 2.00 bits per heavy atom. The van der Waals surface area contributed by atoms with E-state index in [9.17, 15) is 4.79 Å². The molecule has 0 saturated heterocycles. The first-order valence-electron chi connectivity index (χ1n) is 6.35. The fourth-order valence-corrected chi connectivity index (χ4v) is 1.50. The summed E-state index contributed by atoms with van der Waals surface area (Å²) in [5.74, 6) is 0.270. The lowest BCUT2D eigenvalue weighted by molar-refractivity contribution is -0.125. The van der Waals surface area contributed by atoms with Crippen molar-refractivity contribution in [1.82, 2.24) is 5.32 Å². The summed E-state index contributed by atoms with van der Waals surface area (Å²) in [5.41, 5.74) is -0.224. The number of hydrogen-bond acceptors (Lipinski definition) is 2. The summed E-state index contributed by atoms with van der Waals surface area (Å²) < 4.78 is 0. The van der Waals surface area contributed by atoms with E-state index >= 15 is 0 Å². The van der Waals surface area contributed by atoms with Crippen LogP contribution in [-0.2, 0) is 4.79 Å². The SMILES string of the molecule is CCCCC(CC)C(=O)NCC(C)(C)CO. The molecule has 2 N–H and O–H groups in total. The first kappa shape index (κ1) is 15.4. The molecule has 16 heavy (non-hydrogen) atoms. The number of carbonyl (C=O) groups excluding carboxylic acids is 1. The van der Waals surface area contributed by atoms with E-state index in [-0.39, 0.29) is 23.8 Å². The summed E-state index contributed by atoms with van der Waals surface area (Å²) >= 11 is 0. The minimum atomic E-state index is -0.224. The summed E-state index contributed by atoms with van der Waals surface area (Å²) in [5, 5.41) is 12.0. The molecule has 0 heterocycles. The van der Waals surface area contributed by atoms with Gasteiger partial charge in [-0.2, -0.15) is 0 Å². The second-order valence-electron chi connectivity index (χ2n) is 5.29. The second-order valence-corrected chi connectivity index (χ2v) is 5.29. The lowest BCUT2D eigenvalue weighted by Gasteiger charge is -2.23. The van der Waals surface area contributed by atoms with Crippen molar-refractivity contribution in [3.8, 4) is 0 Å². The van der Waals surface area contributed by atoms with Crippen LogP contribution in [0.2, 0.25) is 0 Å². The molecule has 0 radical (unpaired) electrons. The summed E-state index contributed by atoms with van der Waals surface area (Å²) in [4.78, 5) is 11.8. The monoisotopic (exact) mass is 229 g/mol. The van der Waals surface area contributed by atoms with Crippen LogP contribution in [0.5, 0.6) is 0 Å². The number of aliphatic hydroxyl groups excluding tert-OH is 1. The van der Waals surface area contributed by atoms with E-state index in [1.807, 2.05) is 13.8 Å². The number of carbonyl (C=O) groups is 1. The standard InChI is InChI=1S/C13H27NO2/c1-5-7-8-11(6-2)12(16)14-9-13(3,4)10-15/h11,15H,5-10H2,1-4H3,(H,14,16). The number of rotatable bonds is 8. The van der Waals surface area contributed by atoms with Crippen LogP contribution in [0.25, 0.3) is 0 Å². The van der Waals surface area contributed by atoms with Crippen LogP contribution in [0.15, 0.2) is 0 Å². The smallest absolute Gasteiger partial charge is 0.223 e. The van der Waals surface area contributed by atoms with Gasteiger partial charge >= 0.3 is 0 Å². The van der Waals surface area contributed by atoms with Crippen molar-refractivity contribution in [2.24, 2.45) is 11.3 Å². The maximum absolute atomic E-state index is 11.8. The van der Waals surface area contributed by atoms with E-state index < -0.39 is 0 Å². The third-order valence-corrected chi connectivity index (χ3v) is 2.94. The van der Waals surface area contributed by atoms with Crippen molar-refractivity contribution in [3.63, 3.8) is 0 Å². The fraction of sp³-hybridized carbons (Fsp3) is 0.923. The van der Waals surface area contributed by atoms with Gasteiger partial charge in [0.15, 0.2) is 0 Å². The van der Waals surface area contributed by atoms with Crippen molar-refractivity contribution in [2.45, 2.75) is 53.4 Å². The highest BCUT2D eigenvalue weighted by atomic mass is 16.3. The predicted molar refractivity (Wildman–Crippen MR) is 67.2 cm³/mol. The Morgan fingerprint density at radius 3 is 2.44 bits per heavy atom. The summed E-state index contributed by atoms with van der Waals surface area (Å²) in [6.45, 7) is 8.72. The molecular weight excluding hydrogens is 202 g/mol. The van der Waals surface area contributed by atoms with E-state index in [0.29, 0.717) is 6.54 Å². The van der Waals surface area contributed by atoms with E-state index in [4.69, 9.17) is 5.11 Å². The van der Waals surface area contributed by atoms with Gasteiger partial charge in [0, 0.05) is 24.5 Å². The molecule has 3 nitrogen and oxygen atoms in total. The second kappa shape index (κ2) is 7.66. The number of amides is 1. The molecule has 1 amide bonds. The number of nitrogens with one attached hydrogen (secondary N) is 1. The molecule has 0 aliphatic carbocycles. The number of aliphatic hydroxyl groups is 1. The van der Waals surface area contributed by atoms with Gasteiger partial charge in [-0.15, -0.1) is 0 Å². The topological polar surface area (TPSA) is 49.3 Å². The van der Waals surface area contributed by atoms with Crippen LogP contribution in [0.4, 0.5) is 0 Å². The summed E-state index contributed by atoms with van der Waals surface area (Å²) in [6.07, 6.45) is 4.10. The van der Waals surface area contributed by atoms with E-state index in [1.54, 1.807) is 0 Å². The average molecular weight is 229 g/mol. The molecule has 96 valence electrons. The predicted octanol–water partition coefficient (Wildman–Crippen LogP) is 2.34. The molecule has 1 unspecified atom stereocenters. The molecule has 0 aromatic carbocycles. The van der Waals surface area contributed by atoms with Gasteiger partial charge in [0.05, 0.1) is 0 Å². The molecule has 0 saturated carbocycles. The van der Waals surface area contributed by atoms with Gasteiger partial charge in [-0.25, -0.2) is 0 Å². The molecule has 0 aliphatic rings. The molecule has 0 spiro atoms. The van der Waals surface area contributed by atoms with Gasteiger partial charge in [0.1, 0.15) is 0 Å². The fourth-order valence-electron chi connectivity index (χ4n) is 1.50. The number of hydrogen-bond donors (Lipinski definition) is 2. The van der Waals surface area contributed by atoms with Crippen LogP contribution < -0.4 is 5.32 Å². The lowest BCUT2D eigenvalue weighted by atomic mass is 9.93. The van der Waals surface area contributed by atoms with Gasteiger partial charge in [0.2, 0.25) is 5.91 Å². The highest BCUT2D eigenvalue weighted by Crippen LogP contribution is 2.15. The minimum absolute atomic E-state index is 0.0963. The Bertz CT molecular complexity index is 202. The van der Waals surface area contributed by atoms with Crippen molar-refractivity contribution >= 4 is 5.91 Å². The average Bonchev–Trinajstić information content (AvgIpc) is 2.27. The van der Waals surface area contributed by atoms with E-state index in [2.05, 4.69) is 19.2 Å². The Balaban J connectivity index is 4.01. The minimum Gasteiger partial charge on any atom is -0.396 e. The zero-order chi connectivity index (χ0) is 12.6. The maximum atomic E-state index is 11.8. The van der Waals surface area contributed by atoms with Gasteiger partial charge in [0.25, 0.3) is 0 Å². The zero-order valence-corrected chi connectivity index (χ0v) is 11.2. The Morgan fingerprint density at radius 1 is 1.38 bits per heavy atom. The molecular formula is C13H27NO2. The third-order valence-electron chi connectivity index (χ3n) is 2.94. The number of unbranched alkanes of at least 4 members (excludes halogenated alkanes) is 1. The molecule has 0 aromatic rings. The zero-order valence-electron chi connectivity index (χ0n) is 11.2. The molecule has 0 bridgehead atoms. The van der Waals surface area contributed by atoms with Crippen LogP contribution >= 0.6 is 0 Å². The Kier molecular flexibility index (Phi) is 7.39. The highest BCUT2D eigenvalue weighted by Gasteiger charge is 2.20. The lowest BCUT2D eigenvalue weighted by Crippen LogP contribution is -2.39. The summed E-state index contributed by atoms with van der Waals surface area (Å²) in [6, 6.07) is 0. The van der Waals surface area contributed by atoms with Crippen LogP contribution in [0, 0.1) is 11.3 Å². The molecule has 0 fully saturated rings. The molecule has 0 aliphatic heterocycles. The van der Waals surface area contributed by atoms with Crippen molar-refractivity contribution in [3.05, 3.63) is 0 Å². The third kappa shape index (κ3) is 6.11. The van der Waals surface area contributed by atoms with Gasteiger partial charge in [-0.05, 0) is 12.8 Å². The van der Waals surface area contributed by atoms with Gasteiger partial charge in [-0.3, -0.25) is 4.79 Å². The van der Waals surface area contributed by atoms with E-state index in [1.165, 1.54) is 0 Å². The van der Waals surface area contributed by atoms with Gasteiger partial charge in [-0.1, -0.05) is 40.5 Å². The first-order chi connectivity index (χ1) is 7.46. The van der Waals surface area contributed by atoms with Crippen LogP contribution in [0.1, 0.15) is 53.4 Å². The normalized spacial score (nSPS) is 13.6. The largest absolute Gasteiger partial charge is 0.396 e. The maximum Gasteiger partial charge on any atom is 0.223 e. The van der Waals surface area contributed by atoms with Gasteiger partial charge < -0.3 is 10.4 Å². The van der Waals surface area contributed by atoms with Crippen molar-refractivity contribution in [1.29, 1.82) is 0 Å². The van der Waals surface area contributed by atoms with Crippen molar-refractivity contribution < 1.29 is 9.90 Å². The Labute approximate surface area is 99.6 Å². The molecule has 1 atom stereocenters. The van der Waals surface area contributed by atoms with Crippen LogP contribution in [-0.4, -0.2) is 24.2 Å². The highest BCUT2D eigenvalue weighted by molar-refractivity contribution is 5.78. The molecule has 0 aromatic heterocycles. The summed E-state index contributed by atoms with van der Waals surface area (Å²) in [7, 11) is 0.